The van der Waals surface area contributed by atoms with Crippen LogP contribution in [0.2, 0.25) is 0 Å². The van der Waals surface area contributed by atoms with Crippen LogP contribution in [0.1, 0.15) is 24.2 Å². The van der Waals surface area contributed by atoms with E-state index in [1.165, 1.54) is 17.8 Å². The van der Waals surface area contributed by atoms with E-state index in [1.807, 2.05) is 41.0 Å². The van der Waals surface area contributed by atoms with Gasteiger partial charge in [-0.15, -0.1) is 0 Å². The molecule has 5 aromatic heterocycles. The topological polar surface area (TPSA) is 139 Å². The van der Waals surface area contributed by atoms with Crippen molar-refractivity contribution in [1.82, 2.24) is 39.4 Å². The Hall–Kier alpha value is -5.80. The van der Waals surface area contributed by atoms with Gasteiger partial charge in [-0.05, 0) is 86.1 Å². The predicted molar refractivity (Wildman–Crippen MR) is 176 cm³/mol. The number of imidazole rings is 1. The summed E-state index contributed by atoms with van der Waals surface area (Å²) in [5.74, 6) is 1.66. The van der Waals surface area contributed by atoms with Gasteiger partial charge in [-0.2, -0.15) is 5.26 Å². The lowest BCUT2D eigenvalue weighted by atomic mass is 9.72. The molecule has 2 aliphatic heterocycles. The fourth-order valence-corrected chi connectivity index (χ4v) is 6.67. The van der Waals surface area contributed by atoms with E-state index in [0.717, 1.165) is 57.1 Å². The monoisotopic (exact) mass is 623 g/mol. The van der Waals surface area contributed by atoms with Crippen LogP contribution in [-0.2, 0) is 6.54 Å². The average molecular weight is 624 g/mol. The van der Waals surface area contributed by atoms with Crippen molar-refractivity contribution < 1.29 is 4.39 Å². The lowest BCUT2D eigenvalue weighted by molar-refractivity contribution is 0.0719. The van der Waals surface area contributed by atoms with Crippen LogP contribution in [0.25, 0.3) is 39.6 Å². The highest BCUT2D eigenvalue weighted by molar-refractivity contribution is 5.84. The fourth-order valence-electron chi connectivity index (χ4n) is 6.67. The molecule has 0 bridgehead atoms. The van der Waals surface area contributed by atoms with Gasteiger partial charge in [0.2, 0.25) is 5.82 Å². The summed E-state index contributed by atoms with van der Waals surface area (Å²) in [6.45, 7) is 4.86. The van der Waals surface area contributed by atoms with Gasteiger partial charge < -0.3 is 10.6 Å². The highest BCUT2D eigenvalue weighted by Gasteiger charge is 2.45. The first-order chi connectivity index (χ1) is 23.0. The highest BCUT2D eigenvalue weighted by atomic mass is 19.1. The number of benzene rings is 1. The normalized spacial score (nSPS) is 15.9. The summed E-state index contributed by atoms with van der Waals surface area (Å²) in [6, 6.07) is 22.9. The molecule has 2 aliphatic rings. The average Bonchev–Trinajstić information content (AvgIpc) is 3.47. The number of anilines is 2. The maximum atomic E-state index is 13.6. The molecule has 47 heavy (non-hydrogen) atoms. The Labute approximate surface area is 270 Å². The van der Waals surface area contributed by atoms with Crippen LogP contribution < -0.4 is 10.6 Å². The van der Waals surface area contributed by atoms with Gasteiger partial charge in [-0.3, -0.25) is 14.5 Å². The summed E-state index contributed by atoms with van der Waals surface area (Å²) in [5.41, 5.74) is 12.0. The molecule has 0 unspecified atom stereocenters. The summed E-state index contributed by atoms with van der Waals surface area (Å²) in [7, 11) is 0. The van der Waals surface area contributed by atoms with Crippen LogP contribution in [0.4, 0.5) is 16.0 Å². The third-order valence-electron chi connectivity index (χ3n) is 9.21. The van der Waals surface area contributed by atoms with Gasteiger partial charge >= 0.3 is 0 Å². The van der Waals surface area contributed by atoms with E-state index in [1.54, 1.807) is 18.5 Å². The van der Waals surface area contributed by atoms with Gasteiger partial charge in [0.1, 0.15) is 29.0 Å². The molecule has 2 N–H and O–H groups in total. The SMILES string of the molecule is N#Cc1nccc(N2CC3(CCN(Cc4ccc(-n5c(-c6cccnc6N)nc6ccc(-c7ccc(F)cn7)nc65)cc4)CC3)C2)n1. The van der Waals surface area contributed by atoms with E-state index >= 15 is 0 Å². The maximum absolute atomic E-state index is 13.6. The molecule has 2 saturated heterocycles. The number of likely N-dealkylation sites (tertiary alicyclic amines) is 1. The first-order valence-corrected chi connectivity index (χ1v) is 15.5. The number of hydrogen-bond donors (Lipinski definition) is 1. The first-order valence-electron chi connectivity index (χ1n) is 15.5. The van der Waals surface area contributed by atoms with Crippen molar-refractivity contribution in [1.29, 1.82) is 5.26 Å². The molecule has 0 amide bonds. The van der Waals surface area contributed by atoms with Crippen LogP contribution in [0.15, 0.2) is 85.3 Å². The van der Waals surface area contributed by atoms with Crippen molar-refractivity contribution in [2.75, 3.05) is 36.8 Å². The highest BCUT2D eigenvalue weighted by Crippen LogP contribution is 2.42. The molecule has 8 rings (SSSR count). The Morgan fingerprint density at radius 1 is 0.851 bits per heavy atom. The Kier molecular flexibility index (Phi) is 7.03. The van der Waals surface area contributed by atoms with Gasteiger partial charge in [0.05, 0.1) is 23.1 Å². The zero-order valence-electron chi connectivity index (χ0n) is 25.5. The van der Waals surface area contributed by atoms with Crippen molar-refractivity contribution in [2.24, 2.45) is 5.41 Å². The molecule has 6 aromatic rings. The molecule has 0 radical (unpaired) electrons. The second kappa shape index (κ2) is 11.5. The van der Waals surface area contributed by atoms with Crippen LogP contribution in [0.3, 0.4) is 0 Å². The smallest absolute Gasteiger partial charge is 0.234 e. The van der Waals surface area contributed by atoms with Crippen molar-refractivity contribution in [3.63, 3.8) is 0 Å². The molecule has 0 aliphatic carbocycles. The Bertz CT molecular complexity index is 2120. The lowest BCUT2D eigenvalue weighted by Crippen LogP contribution is -2.60. The molecule has 0 atom stereocenters. The van der Waals surface area contributed by atoms with E-state index in [4.69, 9.17) is 21.0 Å². The Balaban J connectivity index is 1.02. The molecule has 12 heteroatoms. The molecular weight excluding hydrogens is 593 g/mol. The van der Waals surface area contributed by atoms with E-state index in [9.17, 15) is 4.39 Å². The summed E-state index contributed by atoms with van der Waals surface area (Å²) >= 11 is 0. The molecule has 1 spiro atoms. The number of nitriles is 1. The largest absolute Gasteiger partial charge is 0.383 e. The number of nitrogens with zero attached hydrogens (tertiary/aromatic N) is 10. The predicted octanol–water partition coefficient (Wildman–Crippen LogP) is 5.03. The van der Waals surface area contributed by atoms with Crippen molar-refractivity contribution in [2.45, 2.75) is 19.4 Å². The number of nitrogen functional groups attached to an aromatic ring is 1. The maximum Gasteiger partial charge on any atom is 0.234 e. The Morgan fingerprint density at radius 2 is 1.66 bits per heavy atom. The molecule has 0 saturated carbocycles. The second-order valence-electron chi connectivity index (χ2n) is 12.3. The third-order valence-corrected chi connectivity index (χ3v) is 9.21. The number of nitrogens with two attached hydrogens (primary N) is 1. The molecule has 2 fully saturated rings. The summed E-state index contributed by atoms with van der Waals surface area (Å²) < 4.78 is 15.6. The Morgan fingerprint density at radius 3 is 2.40 bits per heavy atom. The number of hydrogen-bond acceptors (Lipinski definition) is 10. The minimum Gasteiger partial charge on any atom is -0.383 e. The quantitative estimate of drug-likeness (QED) is 0.269. The number of pyridine rings is 3. The molecule has 232 valence electrons. The number of rotatable bonds is 6. The van der Waals surface area contributed by atoms with Gasteiger partial charge in [0.25, 0.3) is 0 Å². The third kappa shape index (κ3) is 5.40. The standard InChI is InChI=1S/C35H30FN11/c36-24-5-8-27(41-19-24)28-9-10-29-34(42-28)47(33(43-29)26-2-1-14-40-32(26)38)25-6-3-23(4-7-25)20-45-16-12-35(13-17-45)21-46(22-35)31-11-15-39-30(18-37)44-31/h1-11,14-15,19H,12-13,16-17,20-22H2,(H2,38,40). The summed E-state index contributed by atoms with van der Waals surface area (Å²) in [6.07, 6.45) is 6.76. The number of aromatic nitrogens is 7. The minimum atomic E-state index is -0.400. The summed E-state index contributed by atoms with van der Waals surface area (Å²) in [5, 5.41) is 9.13. The van der Waals surface area contributed by atoms with Gasteiger partial charge in [0.15, 0.2) is 11.5 Å². The van der Waals surface area contributed by atoms with Crippen LogP contribution >= 0.6 is 0 Å². The second-order valence-corrected chi connectivity index (χ2v) is 12.3. The van der Waals surface area contributed by atoms with E-state index in [-0.39, 0.29) is 5.82 Å². The van der Waals surface area contributed by atoms with Gasteiger partial charge in [-0.25, -0.2) is 29.3 Å². The zero-order valence-corrected chi connectivity index (χ0v) is 25.5. The van der Waals surface area contributed by atoms with Crippen LogP contribution in [-0.4, -0.2) is 65.5 Å². The molecule has 1 aromatic carbocycles. The first kappa shape index (κ1) is 28.7. The number of halogens is 1. The number of fused-ring (bicyclic) bond motifs is 1. The fraction of sp³-hybridized carbons (Fsp3) is 0.229. The van der Waals surface area contributed by atoms with Crippen LogP contribution in [0, 0.1) is 22.6 Å². The van der Waals surface area contributed by atoms with Gasteiger partial charge in [0, 0.05) is 43.1 Å². The molecule has 7 heterocycles. The van der Waals surface area contributed by atoms with E-state index in [2.05, 4.69) is 54.0 Å². The van der Waals surface area contributed by atoms with E-state index < -0.39 is 5.82 Å². The van der Waals surface area contributed by atoms with Crippen molar-refractivity contribution in [3.05, 3.63) is 103 Å². The van der Waals surface area contributed by atoms with E-state index in [0.29, 0.717) is 45.2 Å². The summed E-state index contributed by atoms with van der Waals surface area (Å²) in [4.78, 5) is 31.5. The molecule has 11 nitrogen and oxygen atoms in total. The lowest BCUT2D eigenvalue weighted by Gasteiger charge is -2.54. The van der Waals surface area contributed by atoms with Crippen molar-refractivity contribution >= 4 is 22.8 Å². The van der Waals surface area contributed by atoms with Crippen LogP contribution in [0.5, 0.6) is 0 Å². The van der Waals surface area contributed by atoms with Gasteiger partial charge in [-0.1, -0.05) is 12.1 Å². The zero-order chi connectivity index (χ0) is 32.0. The minimum absolute atomic E-state index is 0.214. The molecular formula is C35H30FN11. The van der Waals surface area contributed by atoms with Crippen molar-refractivity contribution in [3.8, 4) is 34.5 Å². The number of piperidine rings is 1.